The van der Waals surface area contributed by atoms with Crippen molar-refractivity contribution in [2.75, 3.05) is 26.7 Å². The zero-order chi connectivity index (χ0) is 17.1. The van der Waals surface area contributed by atoms with Crippen LogP contribution in [-0.2, 0) is 11.3 Å². The molecule has 26 heavy (non-hydrogen) atoms. The average Bonchev–Trinajstić information content (AvgIpc) is 3.05. The largest absolute Gasteiger partial charge is 0.454 e. The molecular formula is C21H28NO4+. The quantitative estimate of drug-likeness (QED) is 0.895. The van der Waals surface area contributed by atoms with Crippen LogP contribution in [0.15, 0.2) is 12.1 Å². The molecule has 0 spiro atoms. The number of nitrogens with one attached hydrogen (secondary N) is 1. The van der Waals surface area contributed by atoms with Gasteiger partial charge in [0, 0.05) is 6.07 Å². The van der Waals surface area contributed by atoms with Crippen molar-refractivity contribution in [2.45, 2.75) is 50.7 Å². The van der Waals surface area contributed by atoms with Crippen LogP contribution in [0.4, 0.5) is 0 Å². The molecular weight excluding hydrogens is 330 g/mol. The third kappa shape index (κ3) is 2.59. The van der Waals surface area contributed by atoms with Crippen molar-refractivity contribution in [3.63, 3.8) is 0 Å². The van der Waals surface area contributed by atoms with Crippen LogP contribution in [0.5, 0.6) is 17.2 Å². The molecule has 0 radical (unpaired) electrons. The Labute approximate surface area is 154 Å². The first-order chi connectivity index (χ1) is 12.7. The molecule has 4 aliphatic carbocycles. The molecule has 5 nitrogen and oxygen atoms in total. The Morgan fingerprint density at radius 1 is 0.923 bits per heavy atom. The molecule has 0 saturated heterocycles. The number of benzene rings is 1. The summed E-state index contributed by atoms with van der Waals surface area (Å²) in [6.07, 6.45) is 8.37. The number of fused-ring (bicyclic) bond motifs is 2. The highest BCUT2D eigenvalue weighted by Crippen LogP contribution is 2.57. The van der Waals surface area contributed by atoms with Gasteiger partial charge in [-0.25, -0.2) is 0 Å². The van der Waals surface area contributed by atoms with Crippen molar-refractivity contribution in [3.05, 3.63) is 17.7 Å². The van der Waals surface area contributed by atoms with Crippen LogP contribution in [-0.4, -0.2) is 32.3 Å². The van der Waals surface area contributed by atoms with Crippen molar-refractivity contribution in [1.82, 2.24) is 0 Å². The van der Waals surface area contributed by atoms with Gasteiger partial charge in [0.25, 0.3) is 0 Å². The van der Waals surface area contributed by atoms with Gasteiger partial charge in [-0.1, -0.05) is 0 Å². The van der Waals surface area contributed by atoms with Gasteiger partial charge in [0.15, 0.2) is 11.5 Å². The third-order valence-electron chi connectivity index (χ3n) is 7.27. The van der Waals surface area contributed by atoms with Crippen LogP contribution >= 0.6 is 0 Å². The number of hydrogen-bond acceptors (Lipinski definition) is 4. The Hall–Kier alpha value is -1.46. The standard InChI is InChI=1S/C21H27NO4/c1(2-26-21-8-14-3-15(9-21)5-16(4-14)10-21)22-11-17-6-19-20(25-13-24-19)7-18(17)23-12-22/h6-7,14-16H,1-5,8-13H2/p+1. The molecule has 1 N–H and O–H groups in total. The van der Waals surface area contributed by atoms with Gasteiger partial charge >= 0.3 is 0 Å². The van der Waals surface area contributed by atoms with Crippen molar-refractivity contribution in [3.8, 4) is 17.2 Å². The Morgan fingerprint density at radius 3 is 2.35 bits per heavy atom. The van der Waals surface area contributed by atoms with E-state index in [4.69, 9.17) is 18.9 Å². The van der Waals surface area contributed by atoms with E-state index in [1.54, 1.807) is 0 Å². The normalized spacial score (nSPS) is 38.9. The Kier molecular flexibility index (Phi) is 3.46. The van der Waals surface area contributed by atoms with E-state index in [2.05, 4.69) is 6.07 Å². The minimum Gasteiger partial charge on any atom is -0.454 e. The summed E-state index contributed by atoms with van der Waals surface area (Å²) < 4.78 is 23.5. The van der Waals surface area contributed by atoms with Crippen molar-refractivity contribution < 1.29 is 23.8 Å². The van der Waals surface area contributed by atoms with Crippen LogP contribution < -0.4 is 19.1 Å². The Balaban J connectivity index is 1.08. The lowest BCUT2D eigenvalue weighted by Gasteiger charge is -2.56. The molecule has 0 amide bonds. The second-order valence-electron chi connectivity index (χ2n) is 9.23. The van der Waals surface area contributed by atoms with Gasteiger partial charge in [0.1, 0.15) is 18.8 Å². The fourth-order valence-corrected chi connectivity index (χ4v) is 6.52. The summed E-state index contributed by atoms with van der Waals surface area (Å²) in [7, 11) is 0. The monoisotopic (exact) mass is 358 g/mol. The molecule has 1 aromatic rings. The smallest absolute Gasteiger partial charge is 0.231 e. The van der Waals surface area contributed by atoms with E-state index in [9.17, 15) is 0 Å². The summed E-state index contributed by atoms with van der Waals surface area (Å²) >= 11 is 0. The zero-order valence-corrected chi connectivity index (χ0v) is 15.3. The van der Waals surface area contributed by atoms with Gasteiger partial charge in [-0.2, -0.15) is 0 Å². The lowest BCUT2D eigenvalue weighted by atomic mass is 9.54. The van der Waals surface area contributed by atoms with E-state index < -0.39 is 0 Å². The van der Waals surface area contributed by atoms with Gasteiger partial charge < -0.3 is 18.9 Å². The summed E-state index contributed by atoms with van der Waals surface area (Å²) in [5.41, 5.74) is 1.43. The van der Waals surface area contributed by atoms with Crippen molar-refractivity contribution in [2.24, 2.45) is 17.8 Å². The Morgan fingerprint density at radius 2 is 1.62 bits per heavy atom. The Bertz CT molecular complexity index is 683. The van der Waals surface area contributed by atoms with E-state index in [-0.39, 0.29) is 5.60 Å². The molecule has 4 saturated carbocycles. The van der Waals surface area contributed by atoms with E-state index in [1.165, 1.54) is 49.0 Å². The predicted octanol–water partition coefficient (Wildman–Crippen LogP) is 2.14. The van der Waals surface area contributed by atoms with Crippen LogP contribution in [0.1, 0.15) is 44.1 Å². The molecule has 1 aromatic carbocycles. The molecule has 6 aliphatic rings. The summed E-state index contributed by atoms with van der Waals surface area (Å²) in [5.74, 6) is 5.44. The van der Waals surface area contributed by atoms with Gasteiger partial charge in [-0.05, 0) is 62.3 Å². The molecule has 2 aliphatic heterocycles. The first-order valence-corrected chi connectivity index (χ1v) is 10.3. The van der Waals surface area contributed by atoms with Crippen LogP contribution in [0.25, 0.3) is 0 Å². The molecule has 5 heteroatoms. The van der Waals surface area contributed by atoms with Gasteiger partial charge in [-0.15, -0.1) is 0 Å². The predicted molar refractivity (Wildman–Crippen MR) is 94.4 cm³/mol. The summed E-state index contributed by atoms with van der Waals surface area (Å²) in [6.45, 7) is 3.85. The lowest BCUT2D eigenvalue weighted by molar-refractivity contribution is -0.933. The molecule has 1 unspecified atom stereocenters. The summed E-state index contributed by atoms with van der Waals surface area (Å²) in [6, 6.07) is 4.05. The molecule has 1 atom stereocenters. The van der Waals surface area contributed by atoms with Gasteiger partial charge in [-0.3, -0.25) is 4.90 Å². The fraction of sp³-hybridized carbons (Fsp3) is 0.714. The first kappa shape index (κ1) is 15.6. The minimum absolute atomic E-state index is 0.217. The second kappa shape index (κ2) is 5.77. The van der Waals surface area contributed by atoms with E-state index in [0.29, 0.717) is 13.5 Å². The van der Waals surface area contributed by atoms with Crippen molar-refractivity contribution >= 4 is 0 Å². The van der Waals surface area contributed by atoms with Gasteiger partial charge in [0.2, 0.25) is 13.5 Å². The highest BCUT2D eigenvalue weighted by Gasteiger charge is 2.51. The SMILES string of the molecule is c1c2c(cc3c1OCO3)OC[NH+](CCOC13CC4CC(CC(C4)C1)C3)C2. The third-order valence-corrected chi connectivity index (χ3v) is 7.27. The highest BCUT2D eigenvalue weighted by atomic mass is 16.7. The second-order valence-corrected chi connectivity index (χ2v) is 9.23. The molecule has 4 fully saturated rings. The average molecular weight is 358 g/mol. The molecule has 4 bridgehead atoms. The lowest BCUT2D eigenvalue weighted by Crippen LogP contribution is -3.12. The molecule has 7 rings (SSSR count). The maximum Gasteiger partial charge on any atom is 0.231 e. The topological polar surface area (TPSA) is 41.4 Å². The highest BCUT2D eigenvalue weighted by molar-refractivity contribution is 5.51. The van der Waals surface area contributed by atoms with Crippen LogP contribution in [0, 0.1) is 17.8 Å². The van der Waals surface area contributed by atoms with Crippen molar-refractivity contribution in [1.29, 1.82) is 0 Å². The zero-order valence-electron chi connectivity index (χ0n) is 15.3. The number of hydrogen-bond donors (Lipinski definition) is 1. The minimum atomic E-state index is 0.217. The molecule has 140 valence electrons. The molecule has 2 heterocycles. The summed E-state index contributed by atoms with van der Waals surface area (Å²) in [4.78, 5) is 1.43. The number of rotatable bonds is 4. The van der Waals surface area contributed by atoms with Gasteiger partial charge in [0.05, 0.1) is 17.8 Å². The first-order valence-electron chi connectivity index (χ1n) is 10.3. The van der Waals surface area contributed by atoms with E-state index >= 15 is 0 Å². The van der Waals surface area contributed by atoms with Crippen LogP contribution in [0.3, 0.4) is 0 Å². The maximum absolute atomic E-state index is 6.59. The number of ether oxygens (including phenoxy) is 4. The summed E-state index contributed by atoms with van der Waals surface area (Å²) in [5, 5.41) is 0. The fourth-order valence-electron chi connectivity index (χ4n) is 6.52. The maximum atomic E-state index is 6.59. The molecule has 0 aromatic heterocycles. The van der Waals surface area contributed by atoms with Crippen LogP contribution in [0.2, 0.25) is 0 Å². The van der Waals surface area contributed by atoms with E-state index in [1.807, 2.05) is 6.07 Å². The number of quaternary nitrogens is 1. The van der Waals surface area contributed by atoms with E-state index in [0.717, 1.165) is 54.7 Å².